The molecule has 1 saturated heterocycles. The number of nitrogens with one attached hydrogen (secondary N) is 1. The lowest BCUT2D eigenvalue weighted by atomic mass is 9.77. The zero-order valence-corrected chi connectivity index (χ0v) is 14.1. The quantitative estimate of drug-likeness (QED) is 0.784. The van der Waals surface area contributed by atoms with Gasteiger partial charge < -0.3 is 5.32 Å². The third-order valence-electron chi connectivity index (χ3n) is 5.75. The molecule has 2 fully saturated rings. The van der Waals surface area contributed by atoms with Crippen LogP contribution in [0, 0.1) is 5.92 Å². The Balaban J connectivity index is 1.99. The molecule has 2 nitrogen and oxygen atoms in total. The number of hydrogen-bond acceptors (Lipinski definition) is 2. The summed E-state index contributed by atoms with van der Waals surface area (Å²) in [4.78, 5) is 2.90. The minimum atomic E-state index is 0.504. The van der Waals surface area contributed by atoms with Gasteiger partial charge in [-0.05, 0) is 32.1 Å². The first-order valence-electron chi connectivity index (χ1n) is 9.18. The zero-order valence-electron chi connectivity index (χ0n) is 14.1. The Hall–Kier alpha value is -0.0800. The molecule has 2 unspecified atom stereocenters. The summed E-state index contributed by atoms with van der Waals surface area (Å²) in [7, 11) is 0. The van der Waals surface area contributed by atoms with Crippen LogP contribution in [0.5, 0.6) is 0 Å². The summed E-state index contributed by atoms with van der Waals surface area (Å²) in [6.45, 7) is 10.9. The van der Waals surface area contributed by atoms with Crippen molar-refractivity contribution in [3.63, 3.8) is 0 Å². The van der Waals surface area contributed by atoms with Crippen molar-refractivity contribution < 1.29 is 0 Å². The molecule has 0 aromatic carbocycles. The predicted octanol–water partition coefficient (Wildman–Crippen LogP) is 4.20. The van der Waals surface area contributed by atoms with E-state index in [0.717, 1.165) is 5.92 Å². The maximum absolute atomic E-state index is 3.77. The average molecular weight is 280 g/mol. The first-order valence-corrected chi connectivity index (χ1v) is 9.18. The molecule has 2 heteroatoms. The molecule has 1 aliphatic heterocycles. The Morgan fingerprint density at radius 2 is 1.95 bits per heavy atom. The molecule has 0 bridgehead atoms. The van der Waals surface area contributed by atoms with Crippen LogP contribution in [0.3, 0.4) is 0 Å². The molecular weight excluding hydrogens is 244 g/mol. The number of hydrogen-bond donors (Lipinski definition) is 1. The van der Waals surface area contributed by atoms with Gasteiger partial charge in [0.05, 0.1) is 0 Å². The molecule has 1 saturated carbocycles. The fourth-order valence-electron chi connectivity index (χ4n) is 4.26. The van der Waals surface area contributed by atoms with Crippen molar-refractivity contribution in [1.29, 1.82) is 0 Å². The van der Waals surface area contributed by atoms with Crippen molar-refractivity contribution in [2.75, 3.05) is 19.6 Å². The lowest BCUT2D eigenvalue weighted by Gasteiger charge is -2.52. The van der Waals surface area contributed by atoms with Gasteiger partial charge >= 0.3 is 0 Å². The van der Waals surface area contributed by atoms with E-state index in [1.54, 1.807) is 0 Å². The molecule has 1 heterocycles. The molecule has 0 radical (unpaired) electrons. The van der Waals surface area contributed by atoms with Crippen molar-refractivity contribution in [3.05, 3.63) is 0 Å². The average Bonchev–Trinajstić information content (AvgIpc) is 2.48. The van der Waals surface area contributed by atoms with Gasteiger partial charge in [-0.25, -0.2) is 0 Å². The smallest absolute Gasteiger partial charge is 0.0334 e. The van der Waals surface area contributed by atoms with E-state index in [1.807, 2.05) is 0 Å². The molecule has 2 rings (SSSR count). The van der Waals surface area contributed by atoms with Gasteiger partial charge in [0, 0.05) is 31.2 Å². The molecule has 0 aromatic rings. The summed E-state index contributed by atoms with van der Waals surface area (Å²) in [6, 6.07) is 0.672. The van der Waals surface area contributed by atoms with Gasteiger partial charge in [0.25, 0.3) is 0 Å². The molecule has 0 aromatic heterocycles. The van der Waals surface area contributed by atoms with Crippen LogP contribution in [0.25, 0.3) is 0 Å². The van der Waals surface area contributed by atoms with Gasteiger partial charge in [-0.15, -0.1) is 0 Å². The number of nitrogens with zero attached hydrogens (tertiary/aromatic N) is 1. The van der Waals surface area contributed by atoms with E-state index in [9.17, 15) is 0 Å². The standard InChI is InChI=1S/C18H36N2/c1-4-6-10-17(5-2)14-20-13-16(3)19-15-18(20)11-8-7-9-12-18/h16-17,19H,4-15H2,1-3H3. The van der Waals surface area contributed by atoms with Crippen molar-refractivity contribution in [3.8, 4) is 0 Å². The van der Waals surface area contributed by atoms with Gasteiger partial charge in [0.1, 0.15) is 0 Å². The molecule has 1 N–H and O–H groups in total. The van der Waals surface area contributed by atoms with Gasteiger partial charge in [0.2, 0.25) is 0 Å². The third-order valence-corrected chi connectivity index (χ3v) is 5.75. The molecule has 20 heavy (non-hydrogen) atoms. The molecular formula is C18H36N2. The minimum absolute atomic E-state index is 0.504. The highest BCUT2D eigenvalue weighted by Crippen LogP contribution is 2.36. The Morgan fingerprint density at radius 1 is 1.20 bits per heavy atom. The van der Waals surface area contributed by atoms with E-state index in [0.29, 0.717) is 11.6 Å². The highest BCUT2D eigenvalue weighted by Gasteiger charge is 2.41. The Bertz CT molecular complexity index is 271. The van der Waals surface area contributed by atoms with Gasteiger partial charge in [-0.3, -0.25) is 4.90 Å². The van der Waals surface area contributed by atoms with Gasteiger partial charge in [-0.1, -0.05) is 52.4 Å². The SMILES string of the molecule is CCCCC(CC)CN1CC(C)NCC12CCCCC2. The van der Waals surface area contributed by atoms with E-state index < -0.39 is 0 Å². The van der Waals surface area contributed by atoms with E-state index in [4.69, 9.17) is 0 Å². The van der Waals surface area contributed by atoms with E-state index >= 15 is 0 Å². The number of unbranched alkanes of at least 4 members (excludes halogenated alkanes) is 1. The second-order valence-electron chi connectivity index (χ2n) is 7.39. The van der Waals surface area contributed by atoms with Crippen molar-refractivity contribution in [2.45, 2.75) is 90.1 Å². The Morgan fingerprint density at radius 3 is 2.60 bits per heavy atom. The summed E-state index contributed by atoms with van der Waals surface area (Å²) in [5, 5.41) is 3.77. The Labute approximate surface area is 126 Å². The van der Waals surface area contributed by atoms with E-state index in [2.05, 4.69) is 31.0 Å². The van der Waals surface area contributed by atoms with E-state index in [-0.39, 0.29) is 0 Å². The lowest BCUT2D eigenvalue weighted by Crippen LogP contribution is -2.65. The van der Waals surface area contributed by atoms with Crippen LogP contribution in [0.1, 0.15) is 78.6 Å². The van der Waals surface area contributed by atoms with Crippen LogP contribution in [0.15, 0.2) is 0 Å². The first kappa shape index (κ1) is 16.3. The molecule has 2 aliphatic rings. The summed E-state index contributed by atoms with van der Waals surface area (Å²) in [5.41, 5.74) is 0.504. The van der Waals surface area contributed by atoms with Crippen LogP contribution < -0.4 is 5.32 Å². The summed E-state index contributed by atoms with van der Waals surface area (Å²) in [5.74, 6) is 0.916. The normalized spacial score (nSPS) is 28.6. The lowest BCUT2D eigenvalue weighted by molar-refractivity contribution is -0.000107. The van der Waals surface area contributed by atoms with Crippen LogP contribution in [-0.2, 0) is 0 Å². The highest BCUT2D eigenvalue weighted by atomic mass is 15.3. The molecule has 0 amide bonds. The molecule has 1 spiro atoms. The van der Waals surface area contributed by atoms with E-state index in [1.165, 1.54) is 77.4 Å². The molecule has 1 aliphatic carbocycles. The third kappa shape index (κ3) is 3.98. The summed E-state index contributed by atoms with van der Waals surface area (Å²) < 4.78 is 0. The van der Waals surface area contributed by atoms with Crippen LogP contribution in [0.4, 0.5) is 0 Å². The van der Waals surface area contributed by atoms with Crippen LogP contribution >= 0.6 is 0 Å². The maximum atomic E-state index is 3.77. The monoisotopic (exact) mass is 280 g/mol. The zero-order chi connectivity index (χ0) is 14.4. The summed E-state index contributed by atoms with van der Waals surface area (Å²) in [6.07, 6.45) is 12.7. The van der Waals surface area contributed by atoms with Crippen molar-refractivity contribution in [2.24, 2.45) is 5.92 Å². The molecule has 118 valence electrons. The van der Waals surface area contributed by atoms with Crippen LogP contribution in [0.2, 0.25) is 0 Å². The largest absolute Gasteiger partial charge is 0.311 e. The van der Waals surface area contributed by atoms with Crippen molar-refractivity contribution in [1.82, 2.24) is 10.2 Å². The first-order chi connectivity index (χ1) is 9.70. The predicted molar refractivity (Wildman–Crippen MR) is 88.2 cm³/mol. The number of rotatable bonds is 6. The minimum Gasteiger partial charge on any atom is -0.311 e. The second-order valence-corrected chi connectivity index (χ2v) is 7.39. The highest BCUT2D eigenvalue weighted by molar-refractivity contribution is 5.00. The van der Waals surface area contributed by atoms with Crippen molar-refractivity contribution >= 4 is 0 Å². The number of piperazine rings is 1. The maximum Gasteiger partial charge on any atom is 0.0334 e. The summed E-state index contributed by atoms with van der Waals surface area (Å²) >= 11 is 0. The van der Waals surface area contributed by atoms with Crippen LogP contribution in [-0.4, -0.2) is 36.1 Å². The topological polar surface area (TPSA) is 15.3 Å². The second kappa shape index (κ2) is 7.79. The fourth-order valence-corrected chi connectivity index (χ4v) is 4.26. The fraction of sp³-hybridized carbons (Fsp3) is 1.00. The Kier molecular flexibility index (Phi) is 6.35. The van der Waals surface area contributed by atoms with Gasteiger partial charge in [-0.2, -0.15) is 0 Å². The molecule has 2 atom stereocenters. The van der Waals surface area contributed by atoms with Gasteiger partial charge in [0.15, 0.2) is 0 Å².